The Hall–Kier alpha value is -2.61. The number of ether oxygens (including phenoxy) is 1. The predicted octanol–water partition coefficient (Wildman–Crippen LogP) is 1.82. The number of carbonyl (C=O) groups is 2. The fourth-order valence-corrected chi connectivity index (χ4v) is 2.68. The number of benzene rings is 1. The predicted molar refractivity (Wildman–Crippen MR) is 82.5 cm³/mol. The summed E-state index contributed by atoms with van der Waals surface area (Å²) in [6.45, 7) is 0.323. The van der Waals surface area contributed by atoms with Crippen LogP contribution in [-0.4, -0.2) is 42.3 Å². The lowest BCUT2D eigenvalue weighted by atomic mass is 10.1. The van der Waals surface area contributed by atoms with Crippen LogP contribution in [0.2, 0.25) is 0 Å². The van der Waals surface area contributed by atoms with Crippen molar-refractivity contribution in [2.24, 2.45) is 0 Å². The van der Waals surface area contributed by atoms with Crippen molar-refractivity contribution in [1.29, 1.82) is 0 Å². The number of carbonyl (C=O) groups excluding carboxylic acids is 1. The van der Waals surface area contributed by atoms with Gasteiger partial charge in [0.25, 0.3) is 5.91 Å². The van der Waals surface area contributed by atoms with Gasteiger partial charge in [-0.2, -0.15) is 0 Å². The van der Waals surface area contributed by atoms with Crippen LogP contribution in [0.15, 0.2) is 29.8 Å². The summed E-state index contributed by atoms with van der Waals surface area (Å²) in [7, 11) is 1.57. The fourth-order valence-electron chi connectivity index (χ4n) is 1.86. The van der Waals surface area contributed by atoms with Gasteiger partial charge in [-0.15, -0.1) is 11.3 Å². The highest BCUT2D eigenvalue weighted by Gasteiger charge is 2.18. The highest BCUT2D eigenvalue weighted by Crippen LogP contribution is 2.34. The molecule has 1 aromatic heterocycles. The number of rotatable bonds is 6. The van der Waals surface area contributed by atoms with Crippen LogP contribution >= 0.6 is 11.3 Å². The topological polar surface area (TPSA) is 101 Å². The first kappa shape index (κ1) is 15.8. The van der Waals surface area contributed by atoms with Crippen LogP contribution in [0.25, 0.3) is 10.4 Å². The van der Waals surface area contributed by atoms with E-state index in [-0.39, 0.29) is 19.0 Å². The number of methoxy groups -OCH3 is 1. The van der Waals surface area contributed by atoms with Crippen LogP contribution < -0.4 is 15.4 Å². The van der Waals surface area contributed by atoms with Crippen molar-refractivity contribution in [3.05, 3.63) is 35.5 Å². The summed E-state index contributed by atoms with van der Waals surface area (Å²) in [5.74, 6) is 0.308. The third-order valence-electron chi connectivity index (χ3n) is 2.82. The molecule has 0 spiro atoms. The smallest absolute Gasteiger partial charge is 0.404 e. The number of carboxylic acid groups (broad SMARTS) is 1. The molecule has 3 N–H and O–H groups in total. The Bertz CT molecular complexity index is 672. The molecule has 1 heterocycles. The van der Waals surface area contributed by atoms with E-state index in [1.54, 1.807) is 12.6 Å². The number of aromatic nitrogens is 1. The minimum atomic E-state index is -1.13. The second kappa shape index (κ2) is 7.41. The third-order valence-corrected chi connectivity index (χ3v) is 3.68. The van der Waals surface area contributed by atoms with Gasteiger partial charge in [0.15, 0.2) is 0 Å². The van der Waals surface area contributed by atoms with Gasteiger partial charge in [-0.05, 0) is 12.1 Å². The molecule has 0 unspecified atom stereocenters. The molecule has 7 nitrogen and oxygen atoms in total. The van der Waals surface area contributed by atoms with Crippen molar-refractivity contribution in [1.82, 2.24) is 15.6 Å². The summed E-state index contributed by atoms with van der Waals surface area (Å²) in [6, 6.07) is 7.37. The maximum atomic E-state index is 12.2. The van der Waals surface area contributed by atoms with Crippen LogP contribution in [0.5, 0.6) is 5.75 Å². The van der Waals surface area contributed by atoms with E-state index in [4.69, 9.17) is 9.84 Å². The van der Waals surface area contributed by atoms with Crippen LogP contribution in [0.1, 0.15) is 10.5 Å². The molecule has 116 valence electrons. The van der Waals surface area contributed by atoms with Crippen molar-refractivity contribution in [3.8, 4) is 16.2 Å². The monoisotopic (exact) mass is 321 g/mol. The molecule has 0 saturated heterocycles. The minimum Gasteiger partial charge on any atom is -0.496 e. The van der Waals surface area contributed by atoms with E-state index in [0.29, 0.717) is 16.3 Å². The first-order valence-electron chi connectivity index (χ1n) is 6.45. The summed E-state index contributed by atoms with van der Waals surface area (Å²) in [5, 5.41) is 13.3. The lowest BCUT2D eigenvalue weighted by Crippen LogP contribution is -2.34. The van der Waals surface area contributed by atoms with Gasteiger partial charge in [0, 0.05) is 18.7 Å². The van der Waals surface area contributed by atoms with E-state index >= 15 is 0 Å². The average molecular weight is 321 g/mol. The molecular weight excluding hydrogens is 306 g/mol. The summed E-state index contributed by atoms with van der Waals surface area (Å²) < 4.78 is 5.30. The van der Waals surface area contributed by atoms with Gasteiger partial charge >= 0.3 is 6.09 Å². The largest absolute Gasteiger partial charge is 0.496 e. The molecule has 0 radical (unpaired) electrons. The van der Waals surface area contributed by atoms with Crippen molar-refractivity contribution in [2.75, 3.05) is 20.2 Å². The molecule has 0 aliphatic heterocycles. The van der Waals surface area contributed by atoms with Gasteiger partial charge in [-0.1, -0.05) is 12.1 Å². The van der Waals surface area contributed by atoms with E-state index < -0.39 is 6.09 Å². The Kier molecular flexibility index (Phi) is 5.31. The number of hydrogen-bond donors (Lipinski definition) is 3. The Morgan fingerprint density at radius 1 is 1.27 bits per heavy atom. The zero-order valence-corrected chi connectivity index (χ0v) is 12.6. The lowest BCUT2D eigenvalue weighted by Gasteiger charge is -2.08. The Morgan fingerprint density at radius 2 is 2.00 bits per heavy atom. The van der Waals surface area contributed by atoms with E-state index in [2.05, 4.69) is 15.6 Å². The Morgan fingerprint density at radius 3 is 2.73 bits per heavy atom. The molecule has 0 saturated carbocycles. The Balaban J connectivity index is 2.12. The number of hydrogen-bond acceptors (Lipinski definition) is 5. The molecule has 2 aromatic rings. The average Bonchev–Trinajstić information content (AvgIpc) is 3.00. The summed E-state index contributed by atoms with van der Waals surface area (Å²) in [5.41, 5.74) is 2.68. The number of nitrogens with one attached hydrogen (secondary N) is 2. The number of nitrogens with zero attached hydrogens (tertiary/aromatic N) is 1. The molecule has 0 bridgehead atoms. The Labute approximate surface area is 131 Å². The number of para-hydroxylation sites is 1. The SMILES string of the molecule is COc1ccccc1-c1scnc1C(=O)NCCNC(=O)O. The van der Waals surface area contributed by atoms with Gasteiger partial charge < -0.3 is 20.5 Å². The summed E-state index contributed by atoms with van der Waals surface area (Å²) in [4.78, 5) is 27.3. The first-order chi connectivity index (χ1) is 10.6. The van der Waals surface area contributed by atoms with Gasteiger partial charge in [0.2, 0.25) is 0 Å². The third kappa shape index (κ3) is 3.73. The molecule has 0 atom stereocenters. The summed E-state index contributed by atoms with van der Waals surface area (Å²) in [6.07, 6.45) is -1.13. The highest BCUT2D eigenvalue weighted by molar-refractivity contribution is 7.13. The normalized spacial score (nSPS) is 10.0. The maximum Gasteiger partial charge on any atom is 0.404 e. The maximum absolute atomic E-state index is 12.2. The second-order valence-corrected chi connectivity index (χ2v) is 5.07. The van der Waals surface area contributed by atoms with Gasteiger partial charge in [-0.3, -0.25) is 4.79 Å². The van der Waals surface area contributed by atoms with Gasteiger partial charge in [0.1, 0.15) is 11.4 Å². The van der Waals surface area contributed by atoms with Crippen LogP contribution in [0.4, 0.5) is 4.79 Å². The minimum absolute atomic E-state index is 0.134. The van der Waals surface area contributed by atoms with Crippen molar-refractivity contribution < 1.29 is 19.4 Å². The molecule has 2 amide bonds. The molecule has 2 rings (SSSR count). The standard InChI is InChI=1S/C14H15N3O4S/c1-21-10-5-3-2-4-9(10)12-11(17-8-22-12)13(18)15-6-7-16-14(19)20/h2-5,8,16H,6-7H2,1H3,(H,15,18)(H,19,20). The molecule has 0 aliphatic carbocycles. The van der Waals surface area contributed by atoms with Gasteiger partial charge in [-0.25, -0.2) is 9.78 Å². The highest BCUT2D eigenvalue weighted by atomic mass is 32.1. The number of thiazole rings is 1. The molecular formula is C14H15N3O4S. The van der Waals surface area contributed by atoms with E-state index in [0.717, 1.165) is 5.56 Å². The number of amides is 2. The van der Waals surface area contributed by atoms with Crippen molar-refractivity contribution in [2.45, 2.75) is 0 Å². The van der Waals surface area contributed by atoms with Crippen molar-refractivity contribution in [3.63, 3.8) is 0 Å². The van der Waals surface area contributed by atoms with E-state index in [9.17, 15) is 9.59 Å². The molecule has 22 heavy (non-hydrogen) atoms. The molecule has 0 fully saturated rings. The fraction of sp³-hybridized carbons (Fsp3) is 0.214. The quantitative estimate of drug-likeness (QED) is 0.705. The zero-order chi connectivity index (χ0) is 15.9. The molecule has 8 heteroatoms. The van der Waals surface area contributed by atoms with Crippen LogP contribution in [0, 0.1) is 0 Å². The van der Waals surface area contributed by atoms with Crippen LogP contribution in [-0.2, 0) is 0 Å². The first-order valence-corrected chi connectivity index (χ1v) is 7.33. The van der Waals surface area contributed by atoms with E-state index in [1.165, 1.54) is 11.3 Å². The van der Waals surface area contributed by atoms with Crippen molar-refractivity contribution >= 4 is 23.3 Å². The zero-order valence-electron chi connectivity index (χ0n) is 11.8. The lowest BCUT2D eigenvalue weighted by molar-refractivity contribution is 0.0949. The summed E-state index contributed by atoms with van der Waals surface area (Å²) >= 11 is 1.34. The van der Waals surface area contributed by atoms with Gasteiger partial charge in [0.05, 0.1) is 17.5 Å². The van der Waals surface area contributed by atoms with Crippen LogP contribution in [0.3, 0.4) is 0 Å². The van der Waals surface area contributed by atoms with E-state index in [1.807, 2.05) is 24.3 Å². The molecule has 1 aromatic carbocycles. The second-order valence-electron chi connectivity index (χ2n) is 4.22. The molecule has 0 aliphatic rings.